The molecule has 0 unspecified atom stereocenters. The van der Waals surface area contributed by atoms with Gasteiger partial charge in [0.15, 0.2) is 18.9 Å². The molecule has 6 aromatic rings. The van der Waals surface area contributed by atoms with Gasteiger partial charge in [-0.2, -0.15) is 12.9 Å². The van der Waals surface area contributed by atoms with Crippen LogP contribution in [0, 0.1) is 41.4 Å². The van der Waals surface area contributed by atoms with Gasteiger partial charge in [0.05, 0.1) is 140 Å². The Morgan fingerprint density at radius 3 is 1.06 bits per heavy atom. The largest absolute Gasteiger partial charge is 0.497 e. The Labute approximate surface area is 813 Å². The summed E-state index contributed by atoms with van der Waals surface area (Å²) in [6, 6.07) is 32.8. The number of nitrogens with two attached hydrogens (primary N) is 1. The molecular formula is C91H138N9O33P3S3. The number of sulfonamides is 3. The molecule has 6 aliphatic heterocycles. The van der Waals surface area contributed by atoms with Gasteiger partial charge in [0.25, 0.3) is 0 Å². The lowest BCUT2D eigenvalue weighted by Crippen LogP contribution is -2.54. The van der Waals surface area contributed by atoms with Crippen LogP contribution in [0.15, 0.2) is 160 Å². The number of methoxy groups -OCH3 is 3. The lowest BCUT2D eigenvalue weighted by Gasteiger charge is -2.32. The minimum atomic E-state index is -4.39. The second kappa shape index (κ2) is 54.0. The molecule has 6 heterocycles. The number of alkyl carbamates (subject to hydrolysis) is 3. The molecule has 14 N–H and O–H groups in total. The van der Waals surface area contributed by atoms with E-state index in [2.05, 4.69) is 21.3 Å². The fourth-order valence-corrected chi connectivity index (χ4v) is 22.4. The zero-order valence-electron chi connectivity index (χ0n) is 78.2. The number of hydrogen-bond acceptors (Lipinski definition) is 30. The van der Waals surface area contributed by atoms with Crippen LogP contribution in [0.4, 0.5) is 14.4 Å². The molecule has 0 saturated carbocycles. The molecule has 6 aliphatic rings. The van der Waals surface area contributed by atoms with E-state index in [1.54, 1.807) is 91.7 Å². The van der Waals surface area contributed by atoms with Crippen LogP contribution in [0.3, 0.4) is 0 Å². The molecule has 0 aromatic heterocycles. The average Bonchev–Trinajstić information content (AvgIpc) is 1.79. The Kier molecular flexibility index (Phi) is 45.8. The third-order valence-electron chi connectivity index (χ3n) is 23.1. The zero-order valence-corrected chi connectivity index (χ0v) is 83.3. The number of likely N-dealkylation sites (N-methyl/N-ethyl adjacent to an activating group) is 1. The summed E-state index contributed by atoms with van der Waals surface area (Å²) in [6.45, 7) is 16.1. The maximum absolute atomic E-state index is 13.7. The number of benzene rings is 6. The number of rotatable bonds is 43. The SMILES string of the molecule is C.C.COc1ccc(S(=O)(=O)N(CC(C)C)C[C@@H](C)[C@H](C=O)NC(=O)O[C@H]2CO[C@H]3OCC[C@H]32)cc1.COc1ccc(S(=O)(=O)N(CC(C)C)C[C@@H](O)[C@H](CN(C)Cc2ccc(P(=O)(O)O)cc2)NC(=O)O[C@H]2CO[C@H]3OCC[C@H]32)cc1.COc1ccc(S(=O)(=O)N(CC(C)C)C[C@@H](O)[C@H](CNCc2ccc(P(=O)(O)O)cc2)NC(=O)O[C@H]2CO[C@H]3OCC[C@H]32)cc1.NCc1ccc(P(=O)(O)O)cc1. The number of amides is 3. The van der Waals surface area contributed by atoms with E-state index in [-0.39, 0.29) is 166 Å². The average molecular weight is 2080 g/mol. The van der Waals surface area contributed by atoms with Gasteiger partial charge in [0.2, 0.25) is 30.1 Å². The van der Waals surface area contributed by atoms with Gasteiger partial charge < -0.3 is 128 Å². The monoisotopic (exact) mass is 2070 g/mol. The second-order valence-electron chi connectivity index (χ2n) is 35.2. The van der Waals surface area contributed by atoms with Crippen molar-refractivity contribution in [3.63, 3.8) is 0 Å². The van der Waals surface area contributed by atoms with Crippen molar-refractivity contribution in [2.45, 2.75) is 184 Å². The third-order valence-corrected chi connectivity index (χ3v) is 31.5. The number of ether oxygens (including phenoxy) is 12. The van der Waals surface area contributed by atoms with Crippen molar-refractivity contribution in [2.75, 3.05) is 120 Å². The van der Waals surface area contributed by atoms with Crippen molar-refractivity contribution in [1.29, 1.82) is 0 Å². The van der Waals surface area contributed by atoms with Crippen molar-refractivity contribution < 1.29 is 155 Å². The molecule has 6 aromatic carbocycles. The summed E-state index contributed by atoms with van der Waals surface area (Å²) >= 11 is 0. The topological polar surface area (TPSA) is 582 Å². The van der Waals surface area contributed by atoms with Crippen LogP contribution in [0.2, 0.25) is 0 Å². The lowest BCUT2D eigenvalue weighted by atomic mass is 10.0. The molecular weight excluding hydrogens is 1940 g/mol. The minimum absolute atomic E-state index is 0. The molecule has 6 saturated heterocycles. The summed E-state index contributed by atoms with van der Waals surface area (Å²) in [4.78, 5) is 107. The summed E-state index contributed by atoms with van der Waals surface area (Å²) in [5, 5.41) is 33.9. The smallest absolute Gasteiger partial charge is 0.408 e. The standard InChI is InChI=1S/C30H44N3O11PS.C29H42N3O11PS.C23H34N2O8S.C7H10NO3P.2CH4/c1-20(2)15-33(46(39,40)24-11-7-22(41-4)8-12-24)18-27(34)26(31-30(35)44-28-19-43-29-25(28)13-14-42-29)17-32(3)16-21-5-9-23(10-6-21)45(36,37)38;1-19(2)16-32(45(38,39)23-10-6-21(40-3)7-11-23)17-26(33)25(15-30-14-20-4-8-22(9-5-20)44(35,36)37)31-29(34)43-27-18-42-28-24(27)12-13-41-28;1-15(2)11-25(34(28,29)18-7-5-17(30-4)6-8-18)12-16(3)20(13-26)24-23(27)33-21-14-32-22-19(21)9-10-31-22;8-5-6-1-3-7(4-2-6)12(9,10)11;;/h5-12,20,25-29,34H,13-19H2,1-4H3,(H,31,35)(H2,36,37,38);4-11,19,24-28,30,33H,12-18H2,1-3H3,(H,31,34)(H2,35,36,37);5-8,13,15-16,19-22H,9-12,14H2,1-4H3,(H,24,27);1-4H,5,8H2,(H2,9,10,11);2*1H4/t25-,26-,27+,28-,29+;24-,25-,26+,27-,28+;16-,19+,20+,21+,22-;;;/m001.../s1. The van der Waals surface area contributed by atoms with Gasteiger partial charge in [0.1, 0.15) is 41.8 Å². The van der Waals surface area contributed by atoms with Gasteiger partial charge in [0, 0.05) is 72.0 Å². The Balaban J connectivity index is 0.000000267. The third kappa shape index (κ3) is 34.9. The molecule has 0 radical (unpaired) electrons. The first-order valence-electron chi connectivity index (χ1n) is 44.5. The van der Waals surface area contributed by atoms with Crippen molar-refractivity contribution >= 4 is 93.3 Å². The highest BCUT2D eigenvalue weighted by molar-refractivity contribution is 7.89. The van der Waals surface area contributed by atoms with E-state index in [0.29, 0.717) is 74.8 Å². The highest BCUT2D eigenvalue weighted by Crippen LogP contribution is 2.39. The van der Waals surface area contributed by atoms with Crippen LogP contribution in [0.5, 0.6) is 17.2 Å². The summed E-state index contributed by atoms with van der Waals surface area (Å²) in [7, 11) is -18.5. The highest BCUT2D eigenvalue weighted by atomic mass is 32.2. The number of aliphatic hydroxyl groups is 2. The summed E-state index contributed by atoms with van der Waals surface area (Å²) in [5.74, 6) is 0.755. The summed E-state index contributed by atoms with van der Waals surface area (Å²) < 4.78 is 184. The minimum Gasteiger partial charge on any atom is -0.497 e. The molecule has 778 valence electrons. The number of fused-ring (bicyclic) bond motifs is 3. The van der Waals surface area contributed by atoms with Crippen LogP contribution >= 0.6 is 22.8 Å². The van der Waals surface area contributed by atoms with Gasteiger partial charge in [-0.25, -0.2) is 39.6 Å². The van der Waals surface area contributed by atoms with Gasteiger partial charge >= 0.3 is 41.1 Å². The highest BCUT2D eigenvalue weighted by Gasteiger charge is 2.48. The van der Waals surface area contributed by atoms with E-state index < -0.39 is 138 Å². The van der Waals surface area contributed by atoms with Gasteiger partial charge in [-0.05, 0) is 176 Å². The molecule has 48 heteroatoms. The Morgan fingerprint density at radius 1 is 0.439 bits per heavy atom. The number of carbonyl (C=O) groups excluding carboxylic acids is 4. The number of nitrogens with one attached hydrogen (secondary N) is 4. The molecule has 0 aliphatic carbocycles. The maximum atomic E-state index is 13.7. The molecule has 12 rings (SSSR count). The van der Waals surface area contributed by atoms with Crippen LogP contribution in [0.1, 0.15) is 99.3 Å². The summed E-state index contributed by atoms with van der Waals surface area (Å²) in [5.41, 5.74) is 7.60. The zero-order chi connectivity index (χ0) is 100. The van der Waals surface area contributed by atoms with Crippen molar-refractivity contribution in [3.8, 4) is 17.2 Å². The maximum Gasteiger partial charge on any atom is 0.408 e. The van der Waals surface area contributed by atoms with Crippen molar-refractivity contribution in [3.05, 3.63) is 162 Å². The molecule has 0 spiro atoms. The Morgan fingerprint density at radius 2 is 0.748 bits per heavy atom. The predicted molar refractivity (Wildman–Crippen MR) is 514 cm³/mol. The van der Waals surface area contributed by atoms with Crippen LogP contribution in [-0.4, -0.2) is 295 Å². The van der Waals surface area contributed by atoms with Crippen molar-refractivity contribution in [2.24, 2.45) is 47.2 Å². The molecule has 139 heavy (non-hydrogen) atoms. The second-order valence-corrected chi connectivity index (χ2v) is 45.8. The molecule has 3 amide bonds. The number of aliphatic hydroxyl groups excluding tert-OH is 2. The molecule has 15 atom stereocenters. The van der Waals surface area contributed by atoms with Gasteiger partial charge in [-0.3, -0.25) is 18.6 Å². The number of hydrogen-bond donors (Lipinski definition) is 13. The quantitative estimate of drug-likeness (QED) is 0.0120. The van der Waals surface area contributed by atoms with Gasteiger partial charge in [-0.15, -0.1) is 0 Å². The van der Waals surface area contributed by atoms with E-state index >= 15 is 0 Å². The molecule has 6 fully saturated rings. The van der Waals surface area contributed by atoms with E-state index in [9.17, 15) is 87.9 Å². The van der Waals surface area contributed by atoms with E-state index in [1.165, 1.54) is 107 Å². The van der Waals surface area contributed by atoms with Crippen LogP contribution in [0.25, 0.3) is 0 Å². The number of aldehydes is 1. The molecule has 42 nitrogen and oxygen atoms in total. The fraction of sp³-hybridized carbons (Fsp3) is 0.560. The van der Waals surface area contributed by atoms with E-state index in [4.69, 9.17) is 72.4 Å². The predicted octanol–water partition coefficient (Wildman–Crippen LogP) is 5.90. The summed E-state index contributed by atoms with van der Waals surface area (Å²) in [6.07, 6.45) is -4.98. The van der Waals surface area contributed by atoms with Gasteiger partial charge in [-0.1, -0.05) is 99.7 Å². The normalized spacial score (nSPS) is 20.9. The number of carbonyl (C=O) groups is 4. The first kappa shape index (κ1) is 118. The number of nitrogens with zero attached hydrogens (tertiary/aromatic N) is 4. The molecule has 0 bridgehead atoms. The Hall–Kier alpha value is -8.06. The van der Waals surface area contributed by atoms with Crippen LogP contribution in [-0.2, 0) is 111 Å². The van der Waals surface area contributed by atoms with Crippen molar-refractivity contribution in [1.82, 2.24) is 39.1 Å². The van der Waals surface area contributed by atoms with E-state index in [0.717, 1.165) is 17.5 Å². The first-order chi connectivity index (χ1) is 64.6. The van der Waals surface area contributed by atoms with Crippen LogP contribution < -0.4 is 57.1 Å². The Bertz CT molecular complexity index is 5350. The lowest BCUT2D eigenvalue weighted by molar-refractivity contribution is -0.110. The fourth-order valence-electron chi connectivity index (χ4n) is 15.8. The first-order valence-corrected chi connectivity index (χ1v) is 53.7. The van der Waals surface area contributed by atoms with E-state index in [1.807, 2.05) is 41.5 Å².